The van der Waals surface area contributed by atoms with Gasteiger partial charge in [0, 0.05) is 6.54 Å². The van der Waals surface area contributed by atoms with Crippen LogP contribution in [-0.2, 0) is 6.54 Å². The van der Waals surface area contributed by atoms with Gasteiger partial charge in [0.05, 0.1) is 18.6 Å². The lowest BCUT2D eigenvalue weighted by atomic mass is 10.4. The Bertz CT molecular complexity index is 240. The third-order valence-corrected chi connectivity index (χ3v) is 1.53. The first kappa shape index (κ1) is 5.55. The molecule has 2 rings (SSSR count). The third-order valence-electron chi connectivity index (χ3n) is 1.53. The predicted molar refractivity (Wildman–Crippen MR) is 37.7 cm³/mol. The smallest absolute Gasteiger partial charge is 0.219 e. The van der Waals surface area contributed by atoms with Gasteiger partial charge < -0.3 is 11.2 Å². The van der Waals surface area contributed by atoms with Gasteiger partial charge in [-0.25, -0.2) is 9.66 Å². The van der Waals surface area contributed by atoms with E-state index in [2.05, 4.69) is 15.7 Å². The number of hydrogen-bond acceptors (Lipinski definition) is 4. The van der Waals surface area contributed by atoms with Crippen LogP contribution < -0.4 is 16.5 Å². The molecule has 1 aliphatic heterocycles. The van der Waals surface area contributed by atoms with Crippen LogP contribution in [0.2, 0.25) is 0 Å². The van der Waals surface area contributed by atoms with Gasteiger partial charge in [-0.05, 0) is 0 Å². The molecular formula is C5H9N5. The summed E-state index contributed by atoms with van der Waals surface area (Å²) in [5, 5.41) is 3.13. The Morgan fingerprint density at radius 3 is 3.40 bits per heavy atom. The fourth-order valence-corrected chi connectivity index (χ4v) is 1.04. The molecule has 5 nitrogen and oxygen atoms in total. The number of rotatable bonds is 0. The van der Waals surface area contributed by atoms with Gasteiger partial charge in [0.2, 0.25) is 5.95 Å². The van der Waals surface area contributed by atoms with Gasteiger partial charge in [-0.2, -0.15) is 0 Å². The molecule has 0 aliphatic carbocycles. The second-order valence-electron chi connectivity index (χ2n) is 2.20. The fraction of sp³-hybridized carbons (Fsp3) is 0.400. The monoisotopic (exact) mass is 139 g/mol. The summed E-state index contributed by atoms with van der Waals surface area (Å²) >= 11 is 0. The molecule has 0 aromatic carbocycles. The molecule has 2 heterocycles. The van der Waals surface area contributed by atoms with Crippen LogP contribution in [0.1, 0.15) is 5.69 Å². The highest BCUT2D eigenvalue weighted by atomic mass is 15.5. The number of nitrogen functional groups attached to an aromatic ring is 1. The zero-order valence-electron chi connectivity index (χ0n) is 5.46. The lowest BCUT2D eigenvalue weighted by molar-refractivity contribution is 0.596. The van der Waals surface area contributed by atoms with E-state index in [1.54, 1.807) is 10.9 Å². The van der Waals surface area contributed by atoms with Crippen LogP contribution in [0.4, 0.5) is 5.95 Å². The summed E-state index contributed by atoms with van der Waals surface area (Å²) in [5.41, 5.74) is 9.62. The van der Waals surface area contributed by atoms with E-state index < -0.39 is 0 Å². The molecule has 4 N–H and O–H groups in total. The van der Waals surface area contributed by atoms with Crippen LogP contribution in [0, 0.1) is 0 Å². The molecule has 0 atom stereocenters. The van der Waals surface area contributed by atoms with E-state index in [0.717, 1.165) is 18.9 Å². The highest BCUT2D eigenvalue weighted by Crippen LogP contribution is 2.05. The number of aromatic nitrogens is 2. The molecule has 0 saturated carbocycles. The molecule has 10 heavy (non-hydrogen) atoms. The molecule has 0 saturated heterocycles. The minimum atomic E-state index is 0.525. The largest absolute Gasteiger partial charge is 0.368 e. The van der Waals surface area contributed by atoms with E-state index in [1.807, 2.05) is 0 Å². The van der Waals surface area contributed by atoms with Crippen molar-refractivity contribution >= 4 is 5.95 Å². The van der Waals surface area contributed by atoms with E-state index >= 15 is 0 Å². The molecule has 1 aromatic rings. The topological polar surface area (TPSA) is 67.9 Å². The summed E-state index contributed by atoms with van der Waals surface area (Å²) in [6, 6.07) is 0. The van der Waals surface area contributed by atoms with Crippen molar-refractivity contribution in [1.82, 2.24) is 15.0 Å². The summed E-state index contributed by atoms with van der Waals surface area (Å²) < 4.78 is 1.79. The van der Waals surface area contributed by atoms with Crippen molar-refractivity contribution < 1.29 is 0 Å². The standard InChI is InChI=1S/C5H9N5/c6-5-8-2-4-1-7-3-9-10(4)5/h2,7,9H,1,3H2,(H2,6,8). The van der Waals surface area contributed by atoms with Gasteiger partial charge in [-0.1, -0.05) is 0 Å². The molecule has 54 valence electrons. The van der Waals surface area contributed by atoms with Crippen molar-refractivity contribution in [1.29, 1.82) is 0 Å². The zero-order chi connectivity index (χ0) is 6.97. The average Bonchev–Trinajstić information content (AvgIpc) is 2.34. The van der Waals surface area contributed by atoms with Crippen LogP contribution in [0.15, 0.2) is 6.20 Å². The Labute approximate surface area is 58.2 Å². The van der Waals surface area contributed by atoms with Crippen molar-refractivity contribution in [3.8, 4) is 0 Å². The van der Waals surface area contributed by atoms with Gasteiger partial charge in [0.1, 0.15) is 0 Å². The molecule has 0 amide bonds. The Balaban J connectivity index is 2.45. The van der Waals surface area contributed by atoms with Crippen molar-refractivity contribution in [2.75, 3.05) is 17.8 Å². The molecule has 0 spiro atoms. The minimum absolute atomic E-state index is 0.525. The number of imidazole rings is 1. The van der Waals surface area contributed by atoms with Crippen molar-refractivity contribution in [2.45, 2.75) is 6.54 Å². The first-order chi connectivity index (χ1) is 4.88. The lowest BCUT2D eigenvalue weighted by Crippen LogP contribution is -2.35. The Hall–Kier alpha value is -1.23. The summed E-state index contributed by atoms with van der Waals surface area (Å²) in [4.78, 5) is 3.94. The quantitative estimate of drug-likeness (QED) is 0.434. The predicted octanol–water partition coefficient (Wildman–Crippen LogP) is -0.931. The molecule has 0 fully saturated rings. The van der Waals surface area contributed by atoms with E-state index in [4.69, 9.17) is 5.73 Å². The average molecular weight is 139 g/mol. The molecule has 0 unspecified atom stereocenters. The Morgan fingerprint density at radius 1 is 1.70 bits per heavy atom. The first-order valence-corrected chi connectivity index (χ1v) is 3.14. The van der Waals surface area contributed by atoms with Gasteiger partial charge >= 0.3 is 0 Å². The van der Waals surface area contributed by atoms with Gasteiger partial charge in [0.25, 0.3) is 0 Å². The number of nitrogens with two attached hydrogens (primary N) is 1. The van der Waals surface area contributed by atoms with E-state index in [1.165, 1.54) is 0 Å². The van der Waals surface area contributed by atoms with Crippen LogP contribution in [0.25, 0.3) is 0 Å². The fourth-order valence-electron chi connectivity index (χ4n) is 1.04. The summed E-state index contributed by atoms with van der Waals surface area (Å²) in [6.07, 6.45) is 1.76. The summed E-state index contributed by atoms with van der Waals surface area (Å²) in [7, 11) is 0. The molecule has 0 radical (unpaired) electrons. The maximum absolute atomic E-state index is 5.52. The third kappa shape index (κ3) is 0.640. The van der Waals surface area contributed by atoms with E-state index in [-0.39, 0.29) is 0 Å². The Kier molecular flexibility index (Phi) is 1.04. The van der Waals surface area contributed by atoms with E-state index in [9.17, 15) is 0 Å². The maximum Gasteiger partial charge on any atom is 0.219 e. The lowest BCUT2D eigenvalue weighted by Gasteiger charge is -2.18. The zero-order valence-corrected chi connectivity index (χ0v) is 5.46. The highest BCUT2D eigenvalue weighted by molar-refractivity contribution is 5.25. The van der Waals surface area contributed by atoms with Crippen molar-refractivity contribution in [3.63, 3.8) is 0 Å². The number of fused-ring (bicyclic) bond motifs is 1. The molecule has 1 aromatic heterocycles. The molecule has 5 heteroatoms. The number of nitrogens with zero attached hydrogens (tertiary/aromatic N) is 2. The molecular weight excluding hydrogens is 130 g/mol. The minimum Gasteiger partial charge on any atom is -0.368 e. The number of nitrogens with one attached hydrogen (secondary N) is 2. The maximum atomic E-state index is 5.52. The summed E-state index contributed by atoms with van der Waals surface area (Å²) in [5.74, 6) is 0.525. The molecule has 1 aliphatic rings. The second kappa shape index (κ2) is 1.88. The normalized spacial score (nSPS) is 16.0. The number of hydrogen-bond donors (Lipinski definition) is 3. The van der Waals surface area contributed by atoms with Gasteiger partial charge in [-0.3, -0.25) is 5.32 Å². The van der Waals surface area contributed by atoms with E-state index in [0.29, 0.717) is 5.95 Å². The van der Waals surface area contributed by atoms with Crippen molar-refractivity contribution in [3.05, 3.63) is 11.9 Å². The van der Waals surface area contributed by atoms with Crippen LogP contribution in [0.3, 0.4) is 0 Å². The second-order valence-corrected chi connectivity index (χ2v) is 2.20. The van der Waals surface area contributed by atoms with Crippen LogP contribution >= 0.6 is 0 Å². The first-order valence-electron chi connectivity index (χ1n) is 3.14. The van der Waals surface area contributed by atoms with Crippen molar-refractivity contribution in [2.24, 2.45) is 0 Å². The van der Waals surface area contributed by atoms with Crippen LogP contribution in [0.5, 0.6) is 0 Å². The highest BCUT2D eigenvalue weighted by Gasteiger charge is 2.09. The number of anilines is 1. The molecule has 0 bridgehead atoms. The van der Waals surface area contributed by atoms with Gasteiger partial charge in [0.15, 0.2) is 0 Å². The summed E-state index contributed by atoms with van der Waals surface area (Å²) in [6.45, 7) is 1.57. The SMILES string of the molecule is Nc1ncc2n1NCNC2. The Morgan fingerprint density at radius 2 is 2.60 bits per heavy atom. The van der Waals surface area contributed by atoms with Gasteiger partial charge in [-0.15, -0.1) is 0 Å². The van der Waals surface area contributed by atoms with Crippen LogP contribution in [-0.4, -0.2) is 16.3 Å².